The first-order valence-corrected chi connectivity index (χ1v) is 24.9. The monoisotopic (exact) mass is 1280 g/mol. The normalized spacial score (nSPS) is 12.2. The summed E-state index contributed by atoms with van der Waals surface area (Å²) in [6, 6.07) is 11.1. The Morgan fingerprint density at radius 3 is 0.689 bits per heavy atom. The number of benzene rings is 4. The average Bonchev–Trinajstić information content (AvgIpc) is 3.32. The van der Waals surface area contributed by atoms with Crippen LogP contribution in [0.15, 0.2) is 48.5 Å². The van der Waals surface area contributed by atoms with E-state index >= 15 is 0 Å². The van der Waals surface area contributed by atoms with Gasteiger partial charge in [-0.05, 0) is 109 Å². The quantitative estimate of drug-likeness (QED) is 0.0791. The summed E-state index contributed by atoms with van der Waals surface area (Å²) in [5, 5.41) is 102. The Bertz CT molecular complexity index is 2010. The Labute approximate surface area is 489 Å². The number of nitrogens with one attached hydrogen (secondary N) is 4. The molecule has 0 spiro atoms. The summed E-state index contributed by atoms with van der Waals surface area (Å²) < 4.78 is 0. The molecule has 0 radical (unpaired) electrons. The van der Waals surface area contributed by atoms with Gasteiger partial charge in [0.25, 0.3) is 0 Å². The van der Waals surface area contributed by atoms with Crippen LogP contribution in [0.4, 0.5) is 0 Å². The molecular formula is C46H52Cl8Co2N6O12. The van der Waals surface area contributed by atoms with Crippen molar-refractivity contribution in [1.29, 1.82) is 0 Å². The van der Waals surface area contributed by atoms with E-state index in [4.69, 9.17) is 92.8 Å². The van der Waals surface area contributed by atoms with E-state index in [1.165, 1.54) is 113 Å². The summed E-state index contributed by atoms with van der Waals surface area (Å²) in [6.07, 6.45) is 8.72. The molecule has 2 fully saturated rings. The maximum Gasteiger partial charge on any atom is 3.00 e. The molecule has 2 heterocycles. The van der Waals surface area contributed by atoms with Gasteiger partial charge in [-0.2, -0.15) is 0 Å². The molecule has 0 bridgehead atoms. The average molecular weight is 1280 g/mol. The van der Waals surface area contributed by atoms with Gasteiger partial charge in [0, 0.05) is 92.5 Å². The van der Waals surface area contributed by atoms with Crippen molar-refractivity contribution in [2.45, 2.75) is 64.7 Å². The van der Waals surface area contributed by atoms with Gasteiger partial charge >= 0.3 is 33.6 Å². The van der Waals surface area contributed by atoms with Gasteiger partial charge in [0.2, 0.25) is 0 Å². The molecular weight excluding hydrogens is 1230 g/mol. The third-order valence-electron chi connectivity index (χ3n) is 9.31. The van der Waals surface area contributed by atoms with E-state index in [1.54, 1.807) is 0 Å². The van der Waals surface area contributed by atoms with Crippen molar-refractivity contribution in [3.05, 3.63) is 111 Å². The summed E-state index contributed by atoms with van der Waals surface area (Å²) in [5.41, 5.74) is 1.31. The first-order chi connectivity index (χ1) is 34.0. The number of halogens is 8. The Balaban J connectivity index is 0. The van der Waals surface area contributed by atoms with E-state index in [0.717, 1.165) is 0 Å². The maximum absolute atomic E-state index is 11.4. The molecule has 0 aromatic heterocycles. The third-order valence-corrected chi connectivity index (χ3v) is 11.3. The van der Waals surface area contributed by atoms with Crippen LogP contribution in [0.2, 0.25) is 40.2 Å². The van der Waals surface area contributed by atoms with Crippen LogP contribution in [0.5, 0.6) is 23.0 Å². The minimum Gasteiger partial charge on any atom is -0.871 e. The van der Waals surface area contributed by atoms with Gasteiger partial charge in [-0.3, -0.25) is 0 Å². The van der Waals surface area contributed by atoms with Gasteiger partial charge in [0.15, 0.2) is 0 Å². The number of hydrogen-bond acceptors (Lipinski definition) is 16. The number of carboxylic acids is 4. The second kappa shape index (κ2) is 42.1. The predicted molar refractivity (Wildman–Crippen MR) is 262 cm³/mol. The van der Waals surface area contributed by atoms with Crippen molar-refractivity contribution in [3.63, 3.8) is 0 Å². The maximum atomic E-state index is 11.4. The fourth-order valence-corrected chi connectivity index (χ4v) is 8.12. The number of carbonyl (C=O) groups excluding carboxylic acids is 4. The number of carboxylic acid groups (broad SMARTS) is 4. The summed E-state index contributed by atoms with van der Waals surface area (Å²) in [6.45, 7) is 4.54. The molecule has 412 valence electrons. The Morgan fingerprint density at radius 1 is 0.365 bits per heavy atom. The molecule has 28 heteroatoms. The topological polar surface area (TPSA) is 334 Å². The number of hydrogen-bond donors (Lipinski definition) is 6. The third kappa shape index (κ3) is 34.0. The molecule has 0 unspecified atom stereocenters. The van der Waals surface area contributed by atoms with E-state index in [9.17, 15) is 60.0 Å². The SMILES string of the molecule is C1CC[NH2+]CC1.C1CC[NH2+]CC1.O=C([O-])CNCc1cc(Cl)cc(Cl)c1[O-].O=C([O-])CNCc1cc(Cl)cc(Cl)c1[O-].O=C([O-])CNCc1cc(Cl)cc(Cl)c1[O-].O=C([O-])CNCc1cc(Cl)cc(Cl)c1[O-].[Co+3].[Co+3]. The molecule has 4 aromatic rings. The molecule has 2 aliphatic rings. The van der Waals surface area contributed by atoms with E-state index in [1.807, 2.05) is 0 Å². The number of quaternary nitrogens is 2. The summed E-state index contributed by atoms with van der Waals surface area (Å²) in [7, 11) is 0. The Kier molecular flexibility index (Phi) is 41.6. The number of rotatable bonds is 16. The smallest absolute Gasteiger partial charge is 0.871 e. The van der Waals surface area contributed by atoms with Crippen LogP contribution in [0, 0.1) is 0 Å². The first kappa shape index (κ1) is 73.1. The zero-order valence-corrected chi connectivity index (χ0v) is 47.2. The molecule has 4 aromatic carbocycles. The number of piperidine rings is 2. The van der Waals surface area contributed by atoms with Gasteiger partial charge in [-0.25, -0.2) is 0 Å². The number of nitrogens with two attached hydrogens (primary N) is 2. The largest absolute Gasteiger partial charge is 3.00 e. The number of aliphatic carboxylic acids is 4. The van der Waals surface area contributed by atoms with Crippen molar-refractivity contribution >= 4 is 117 Å². The molecule has 2 aliphatic heterocycles. The van der Waals surface area contributed by atoms with Crippen molar-refractivity contribution in [2.24, 2.45) is 0 Å². The van der Waals surface area contributed by atoms with Crippen LogP contribution in [0.1, 0.15) is 60.8 Å². The van der Waals surface area contributed by atoms with Crippen molar-refractivity contribution in [2.75, 3.05) is 52.4 Å². The molecule has 74 heavy (non-hydrogen) atoms. The van der Waals surface area contributed by atoms with Crippen LogP contribution < -0.4 is 72.8 Å². The van der Waals surface area contributed by atoms with Crippen LogP contribution in [-0.4, -0.2) is 76.2 Å². The zero-order valence-electron chi connectivity index (χ0n) is 39.1. The molecule has 0 aliphatic carbocycles. The van der Waals surface area contributed by atoms with Crippen molar-refractivity contribution < 1.29 is 104 Å². The summed E-state index contributed by atoms with van der Waals surface area (Å²) in [4.78, 5) is 40.4. The summed E-state index contributed by atoms with van der Waals surface area (Å²) in [5.74, 6) is -6.38. The second-order valence-corrected chi connectivity index (χ2v) is 18.6. The van der Waals surface area contributed by atoms with Crippen LogP contribution in [-0.2, 0) is 78.9 Å². The predicted octanol–water partition coefficient (Wildman–Crippen LogP) is -0.912. The molecule has 6 rings (SSSR count). The molecule has 0 atom stereocenters. The first-order valence-electron chi connectivity index (χ1n) is 21.9. The molecule has 18 nitrogen and oxygen atoms in total. The van der Waals surface area contributed by atoms with Crippen molar-refractivity contribution in [1.82, 2.24) is 21.3 Å². The fraction of sp³-hybridized carbons (Fsp3) is 0.391. The Morgan fingerprint density at radius 2 is 0.554 bits per heavy atom. The van der Waals surface area contributed by atoms with Gasteiger partial charge < -0.3 is 91.9 Å². The molecule has 8 N–H and O–H groups in total. The minimum atomic E-state index is -1.24. The van der Waals surface area contributed by atoms with E-state index in [-0.39, 0.29) is 129 Å². The molecule has 0 saturated carbocycles. The zero-order chi connectivity index (χ0) is 54.2. The van der Waals surface area contributed by atoms with Gasteiger partial charge in [0.1, 0.15) is 0 Å². The summed E-state index contributed by atoms with van der Waals surface area (Å²) >= 11 is 45.2. The fourth-order valence-electron chi connectivity index (χ4n) is 5.97. The van der Waals surface area contributed by atoms with Crippen LogP contribution >= 0.6 is 92.8 Å². The van der Waals surface area contributed by atoms with Gasteiger partial charge in [-0.1, -0.05) is 116 Å². The van der Waals surface area contributed by atoms with Gasteiger partial charge in [-0.15, -0.1) is 0 Å². The second-order valence-electron chi connectivity index (χ2n) is 15.3. The van der Waals surface area contributed by atoms with Gasteiger partial charge in [0.05, 0.1) is 50.1 Å². The molecule has 0 amide bonds. The van der Waals surface area contributed by atoms with Crippen LogP contribution in [0.25, 0.3) is 0 Å². The molecule has 2 saturated heterocycles. The van der Waals surface area contributed by atoms with E-state index in [2.05, 4.69) is 31.9 Å². The van der Waals surface area contributed by atoms with Crippen molar-refractivity contribution in [3.8, 4) is 23.0 Å². The standard InChI is InChI=1S/4C9H9Cl2NO3.2C5H11N.2Co/c4*10-6-1-5(3-12-4-8(13)14)9(15)7(11)2-6;2*1-2-4-6-5-3-1;;/h4*1-2,12,15H,3-4H2,(H,13,14);2*6H,1-5H2;;/q;;;;;;2*+3/p-6. The van der Waals surface area contributed by atoms with E-state index < -0.39 is 23.9 Å². The Hall–Kier alpha value is -2.95. The van der Waals surface area contributed by atoms with E-state index in [0.29, 0.717) is 42.3 Å². The minimum absolute atomic E-state index is 0. The number of carbonyl (C=O) groups is 4. The van der Waals surface area contributed by atoms with Crippen LogP contribution in [0.3, 0.4) is 0 Å².